The second kappa shape index (κ2) is 7.65. The lowest BCUT2D eigenvalue weighted by Gasteiger charge is -2.32. The summed E-state index contributed by atoms with van der Waals surface area (Å²) in [5.41, 5.74) is 2.71. The highest BCUT2D eigenvalue weighted by atomic mass is 15.1. The number of piperidine rings is 1. The fraction of sp³-hybridized carbons (Fsp3) is 0.647. The molecule has 0 atom stereocenters. The van der Waals surface area contributed by atoms with Crippen LogP contribution in [0.4, 0.5) is 5.69 Å². The molecule has 3 nitrogen and oxygen atoms in total. The van der Waals surface area contributed by atoms with Crippen LogP contribution in [0.25, 0.3) is 0 Å². The van der Waals surface area contributed by atoms with E-state index in [4.69, 9.17) is 0 Å². The molecule has 1 aromatic rings. The van der Waals surface area contributed by atoms with Crippen LogP contribution in [0.1, 0.15) is 24.8 Å². The quantitative estimate of drug-likeness (QED) is 0.861. The molecule has 0 aliphatic carbocycles. The Balaban J connectivity index is 1.77. The summed E-state index contributed by atoms with van der Waals surface area (Å²) in [6, 6.07) is 8.97. The maximum atomic E-state index is 3.26. The zero-order valence-corrected chi connectivity index (χ0v) is 13.2. The third-order valence-electron chi connectivity index (χ3n) is 4.37. The lowest BCUT2D eigenvalue weighted by Crippen LogP contribution is -2.34. The second-order valence-corrected chi connectivity index (χ2v) is 6.17. The average molecular weight is 275 g/mol. The Morgan fingerprint density at radius 2 is 1.80 bits per heavy atom. The van der Waals surface area contributed by atoms with Crippen LogP contribution in [0, 0.1) is 5.92 Å². The highest BCUT2D eigenvalue weighted by Crippen LogP contribution is 2.22. The van der Waals surface area contributed by atoms with Crippen molar-refractivity contribution in [1.29, 1.82) is 0 Å². The van der Waals surface area contributed by atoms with Crippen LogP contribution in [0.2, 0.25) is 0 Å². The maximum Gasteiger partial charge on any atom is 0.0361 e. The van der Waals surface area contributed by atoms with Crippen LogP contribution >= 0.6 is 0 Å². The lowest BCUT2D eigenvalue weighted by molar-refractivity contribution is 0.172. The van der Waals surface area contributed by atoms with Gasteiger partial charge in [0.1, 0.15) is 0 Å². The van der Waals surface area contributed by atoms with Crippen molar-refractivity contribution in [3.05, 3.63) is 29.8 Å². The van der Waals surface area contributed by atoms with E-state index in [0.717, 1.165) is 19.0 Å². The van der Waals surface area contributed by atoms with Gasteiger partial charge in [-0.15, -0.1) is 0 Å². The highest BCUT2D eigenvalue weighted by molar-refractivity contribution is 5.45. The number of hydrogen-bond donors (Lipinski definition) is 1. The Bertz CT molecular complexity index is 378. The van der Waals surface area contributed by atoms with E-state index in [2.05, 4.69) is 53.5 Å². The first kappa shape index (κ1) is 15.3. The summed E-state index contributed by atoms with van der Waals surface area (Å²) in [5, 5.41) is 3.26. The van der Waals surface area contributed by atoms with Gasteiger partial charge in [0, 0.05) is 26.3 Å². The minimum Gasteiger partial charge on any atom is -0.378 e. The molecule has 2 rings (SSSR count). The van der Waals surface area contributed by atoms with E-state index >= 15 is 0 Å². The van der Waals surface area contributed by atoms with Crippen molar-refractivity contribution in [2.24, 2.45) is 5.92 Å². The molecular formula is C17H29N3. The first-order valence-electron chi connectivity index (χ1n) is 7.82. The summed E-state index contributed by atoms with van der Waals surface area (Å²) in [6.07, 6.45) is 4.05. The fourth-order valence-electron chi connectivity index (χ4n) is 2.94. The van der Waals surface area contributed by atoms with Crippen molar-refractivity contribution in [1.82, 2.24) is 10.2 Å². The summed E-state index contributed by atoms with van der Waals surface area (Å²) in [4.78, 5) is 4.75. The molecule has 112 valence electrons. The fourth-order valence-corrected chi connectivity index (χ4v) is 2.94. The summed E-state index contributed by atoms with van der Waals surface area (Å²) < 4.78 is 0. The van der Waals surface area contributed by atoms with Gasteiger partial charge < -0.3 is 10.2 Å². The minimum atomic E-state index is 0.926. The van der Waals surface area contributed by atoms with Crippen molar-refractivity contribution in [3.8, 4) is 0 Å². The number of nitrogens with zero attached hydrogens (tertiary/aromatic N) is 2. The van der Waals surface area contributed by atoms with Crippen molar-refractivity contribution in [2.45, 2.75) is 25.8 Å². The van der Waals surface area contributed by atoms with Crippen LogP contribution in [0.3, 0.4) is 0 Å². The summed E-state index contributed by atoms with van der Waals surface area (Å²) >= 11 is 0. The molecule has 0 saturated carbocycles. The smallest absolute Gasteiger partial charge is 0.0361 e. The van der Waals surface area contributed by atoms with Gasteiger partial charge in [-0.05, 0) is 69.6 Å². The van der Waals surface area contributed by atoms with Gasteiger partial charge in [-0.1, -0.05) is 12.1 Å². The van der Waals surface area contributed by atoms with Crippen LogP contribution in [0.5, 0.6) is 0 Å². The molecule has 1 N–H and O–H groups in total. The molecule has 3 heteroatoms. The number of benzene rings is 1. The van der Waals surface area contributed by atoms with Crippen LogP contribution < -0.4 is 10.2 Å². The third kappa shape index (κ3) is 4.50. The van der Waals surface area contributed by atoms with Crippen LogP contribution in [-0.2, 0) is 6.54 Å². The molecule has 1 aliphatic rings. The van der Waals surface area contributed by atoms with Crippen molar-refractivity contribution >= 4 is 5.69 Å². The number of anilines is 1. The Hall–Kier alpha value is -1.06. The van der Waals surface area contributed by atoms with Gasteiger partial charge in [-0.25, -0.2) is 0 Å². The molecule has 1 saturated heterocycles. The first-order valence-corrected chi connectivity index (χ1v) is 7.82. The van der Waals surface area contributed by atoms with Crippen LogP contribution in [0.15, 0.2) is 24.3 Å². The van der Waals surface area contributed by atoms with Gasteiger partial charge in [0.05, 0.1) is 0 Å². The summed E-state index contributed by atoms with van der Waals surface area (Å²) in [7, 11) is 6.22. The standard InChI is InChI=1S/C17H29N3/c1-18-11-8-15-9-12-20(13-10-15)14-16-4-6-17(7-5-16)19(2)3/h4-7,15,18H,8-14H2,1-3H3. The number of nitrogens with one attached hydrogen (secondary N) is 1. The maximum absolute atomic E-state index is 3.26. The second-order valence-electron chi connectivity index (χ2n) is 6.17. The van der Waals surface area contributed by atoms with E-state index < -0.39 is 0 Å². The summed E-state index contributed by atoms with van der Waals surface area (Å²) in [5.74, 6) is 0.926. The molecule has 20 heavy (non-hydrogen) atoms. The number of likely N-dealkylation sites (tertiary alicyclic amines) is 1. The zero-order chi connectivity index (χ0) is 14.4. The Morgan fingerprint density at radius 1 is 1.15 bits per heavy atom. The molecule has 1 heterocycles. The van der Waals surface area contributed by atoms with Gasteiger partial charge in [-0.2, -0.15) is 0 Å². The highest BCUT2D eigenvalue weighted by Gasteiger charge is 2.18. The predicted octanol–water partition coefficient (Wildman–Crippen LogP) is 2.57. The minimum absolute atomic E-state index is 0.926. The van der Waals surface area contributed by atoms with E-state index in [1.54, 1.807) is 0 Å². The van der Waals surface area contributed by atoms with Gasteiger partial charge >= 0.3 is 0 Å². The van der Waals surface area contributed by atoms with E-state index in [-0.39, 0.29) is 0 Å². The Kier molecular flexibility index (Phi) is 5.86. The SMILES string of the molecule is CNCCC1CCN(Cc2ccc(N(C)C)cc2)CC1. The van der Waals surface area contributed by atoms with Gasteiger partial charge in [-0.3, -0.25) is 4.90 Å². The van der Waals surface area contributed by atoms with E-state index in [1.165, 1.54) is 43.6 Å². The molecule has 0 amide bonds. The van der Waals surface area contributed by atoms with E-state index in [9.17, 15) is 0 Å². The van der Waals surface area contributed by atoms with Crippen molar-refractivity contribution < 1.29 is 0 Å². The third-order valence-corrected chi connectivity index (χ3v) is 4.37. The Labute approximate surface area is 124 Å². The van der Waals surface area contributed by atoms with Gasteiger partial charge in [0.2, 0.25) is 0 Å². The van der Waals surface area contributed by atoms with E-state index in [1.807, 2.05) is 7.05 Å². The molecule has 1 fully saturated rings. The normalized spacial score (nSPS) is 17.4. The zero-order valence-electron chi connectivity index (χ0n) is 13.2. The van der Waals surface area contributed by atoms with Gasteiger partial charge in [0.15, 0.2) is 0 Å². The number of hydrogen-bond acceptors (Lipinski definition) is 3. The topological polar surface area (TPSA) is 18.5 Å². The van der Waals surface area contributed by atoms with Crippen LogP contribution in [-0.4, -0.2) is 45.7 Å². The monoisotopic (exact) mass is 275 g/mol. The van der Waals surface area contributed by atoms with Gasteiger partial charge in [0.25, 0.3) is 0 Å². The summed E-state index contributed by atoms with van der Waals surface area (Å²) in [6.45, 7) is 4.77. The number of rotatable bonds is 6. The molecule has 0 spiro atoms. The lowest BCUT2D eigenvalue weighted by atomic mass is 9.93. The molecular weight excluding hydrogens is 246 g/mol. The Morgan fingerprint density at radius 3 is 2.35 bits per heavy atom. The van der Waals surface area contributed by atoms with Crippen molar-refractivity contribution in [3.63, 3.8) is 0 Å². The molecule has 0 radical (unpaired) electrons. The molecule has 1 aliphatic heterocycles. The molecule has 0 bridgehead atoms. The molecule has 1 aromatic carbocycles. The van der Waals surface area contributed by atoms with E-state index in [0.29, 0.717) is 0 Å². The van der Waals surface area contributed by atoms with Crippen molar-refractivity contribution in [2.75, 3.05) is 45.7 Å². The predicted molar refractivity (Wildman–Crippen MR) is 87.3 cm³/mol. The first-order chi connectivity index (χ1) is 9.69. The average Bonchev–Trinajstić information content (AvgIpc) is 2.47. The largest absolute Gasteiger partial charge is 0.378 e. The molecule has 0 aromatic heterocycles. The molecule has 0 unspecified atom stereocenters.